The van der Waals surface area contributed by atoms with E-state index in [-0.39, 0.29) is 11.7 Å². The lowest BCUT2D eigenvalue weighted by molar-refractivity contribution is -0.123. The molecule has 1 heterocycles. The molecule has 96 valence electrons. The van der Waals surface area contributed by atoms with E-state index < -0.39 is 5.41 Å². The number of halogens is 1. The van der Waals surface area contributed by atoms with E-state index in [2.05, 4.69) is 0 Å². The first-order valence-corrected chi connectivity index (χ1v) is 6.31. The molecule has 1 aromatic rings. The van der Waals surface area contributed by atoms with Gasteiger partial charge in [0.15, 0.2) is 0 Å². The fourth-order valence-electron chi connectivity index (χ4n) is 2.51. The molecule has 2 rings (SSSR count). The van der Waals surface area contributed by atoms with E-state index >= 15 is 0 Å². The molecule has 0 saturated carbocycles. The summed E-state index contributed by atoms with van der Waals surface area (Å²) in [4.78, 5) is 25.2. The van der Waals surface area contributed by atoms with E-state index in [1.807, 2.05) is 19.1 Å². The molecule has 1 atom stereocenters. The first-order chi connectivity index (χ1) is 8.36. The predicted octanol–water partition coefficient (Wildman–Crippen LogP) is 2.94. The minimum absolute atomic E-state index is 0.0287. The van der Waals surface area contributed by atoms with Gasteiger partial charge in [-0.1, -0.05) is 11.6 Å². The Hall–Kier alpha value is -1.35. The van der Waals surface area contributed by atoms with E-state index in [9.17, 15) is 9.59 Å². The predicted molar refractivity (Wildman–Crippen MR) is 72.1 cm³/mol. The Labute approximate surface area is 112 Å². The van der Waals surface area contributed by atoms with Crippen molar-refractivity contribution < 1.29 is 9.59 Å². The third-order valence-corrected chi connectivity index (χ3v) is 3.90. The molecule has 18 heavy (non-hydrogen) atoms. The summed E-state index contributed by atoms with van der Waals surface area (Å²) in [5.74, 6) is 0.128. The number of likely N-dealkylation sites (N-methyl/N-ethyl adjacent to an activating group) is 1. The van der Waals surface area contributed by atoms with Crippen LogP contribution in [0.25, 0.3) is 0 Å². The van der Waals surface area contributed by atoms with Crippen molar-refractivity contribution in [2.24, 2.45) is 0 Å². The summed E-state index contributed by atoms with van der Waals surface area (Å²) in [5.41, 5.74) is 1.17. The number of anilines is 1. The Kier molecular flexibility index (Phi) is 3.20. The molecule has 1 aliphatic heterocycles. The maximum absolute atomic E-state index is 12.4. The molecule has 1 unspecified atom stereocenters. The topological polar surface area (TPSA) is 37.4 Å². The van der Waals surface area contributed by atoms with Gasteiger partial charge in [-0.15, -0.1) is 0 Å². The minimum Gasteiger partial charge on any atom is -0.314 e. The Bertz CT molecular complexity index is 527. The van der Waals surface area contributed by atoms with Crippen molar-refractivity contribution in [1.29, 1.82) is 0 Å². The van der Waals surface area contributed by atoms with Gasteiger partial charge in [0.25, 0.3) is 0 Å². The maximum atomic E-state index is 12.4. The normalized spacial score (nSPS) is 22.2. The summed E-state index contributed by atoms with van der Waals surface area (Å²) in [7, 11) is 1.76. The zero-order valence-electron chi connectivity index (χ0n) is 10.8. The Morgan fingerprint density at radius 3 is 2.72 bits per heavy atom. The fraction of sp³-hybridized carbons (Fsp3) is 0.429. The monoisotopic (exact) mass is 265 g/mol. The van der Waals surface area contributed by atoms with Crippen LogP contribution in [0.3, 0.4) is 0 Å². The highest BCUT2D eigenvalue weighted by Gasteiger charge is 2.45. The number of fused-ring (bicyclic) bond motifs is 1. The molecule has 0 fully saturated rings. The zero-order valence-corrected chi connectivity index (χ0v) is 11.5. The highest BCUT2D eigenvalue weighted by atomic mass is 35.5. The molecule has 0 N–H and O–H groups in total. The molecular weight excluding hydrogens is 250 g/mol. The van der Waals surface area contributed by atoms with Gasteiger partial charge in [-0.05, 0) is 44.0 Å². The lowest BCUT2D eigenvalue weighted by atomic mass is 9.79. The summed E-state index contributed by atoms with van der Waals surface area (Å²) in [6.07, 6.45) is 0.931. The van der Waals surface area contributed by atoms with Gasteiger partial charge in [0.1, 0.15) is 5.78 Å². The number of nitrogens with zero attached hydrogens (tertiary/aromatic N) is 1. The molecule has 4 heteroatoms. The Balaban J connectivity index is 2.46. The molecule has 1 aliphatic rings. The number of carbonyl (C=O) groups excluding carboxylic acids is 2. The second-order valence-electron chi connectivity index (χ2n) is 5.06. The second-order valence-corrected chi connectivity index (χ2v) is 5.50. The van der Waals surface area contributed by atoms with Crippen LogP contribution >= 0.6 is 11.6 Å². The SMILES string of the molecule is CC(=O)CCC1(C)C(=O)N(C)c2ccc(Cl)cc21. The van der Waals surface area contributed by atoms with E-state index in [0.29, 0.717) is 17.9 Å². The van der Waals surface area contributed by atoms with Crippen LogP contribution in [0.15, 0.2) is 18.2 Å². The van der Waals surface area contributed by atoms with E-state index in [1.54, 1.807) is 24.9 Å². The number of rotatable bonds is 3. The molecule has 0 aromatic heterocycles. The number of hydrogen-bond donors (Lipinski definition) is 0. The molecule has 0 aliphatic carbocycles. The molecular formula is C14H16ClNO2. The second kappa shape index (κ2) is 4.39. The standard InChI is InChI=1S/C14H16ClNO2/c1-9(17)6-7-14(2)11-8-10(15)4-5-12(11)16(3)13(14)18/h4-5,8H,6-7H2,1-3H3. The molecule has 0 bridgehead atoms. The molecule has 0 spiro atoms. The zero-order chi connectivity index (χ0) is 13.5. The van der Waals surface area contributed by atoms with Crippen LogP contribution in [0.2, 0.25) is 5.02 Å². The van der Waals surface area contributed by atoms with Crippen molar-refractivity contribution in [1.82, 2.24) is 0 Å². The highest BCUT2D eigenvalue weighted by molar-refractivity contribution is 6.31. The maximum Gasteiger partial charge on any atom is 0.237 e. The van der Waals surface area contributed by atoms with Gasteiger partial charge in [-0.3, -0.25) is 4.79 Å². The van der Waals surface area contributed by atoms with Gasteiger partial charge >= 0.3 is 0 Å². The van der Waals surface area contributed by atoms with E-state index in [4.69, 9.17) is 11.6 Å². The first kappa shape index (κ1) is 13.1. The molecule has 0 saturated heterocycles. The van der Waals surface area contributed by atoms with E-state index in [0.717, 1.165) is 11.3 Å². The van der Waals surface area contributed by atoms with Crippen molar-refractivity contribution in [2.45, 2.75) is 32.1 Å². The minimum atomic E-state index is -0.638. The molecule has 0 radical (unpaired) electrons. The number of carbonyl (C=O) groups is 2. The van der Waals surface area contributed by atoms with Gasteiger partial charge in [0.2, 0.25) is 5.91 Å². The average molecular weight is 266 g/mol. The van der Waals surface area contributed by atoms with Gasteiger partial charge in [0, 0.05) is 24.2 Å². The largest absolute Gasteiger partial charge is 0.314 e. The molecule has 1 amide bonds. The van der Waals surface area contributed by atoms with Crippen molar-refractivity contribution in [3.63, 3.8) is 0 Å². The van der Waals surface area contributed by atoms with Crippen LogP contribution in [-0.2, 0) is 15.0 Å². The smallest absolute Gasteiger partial charge is 0.237 e. The van der Waals surface area contributed by atoms with Crippen LogP contribution in [0.5, 0.6) is 0 Å². The summed E-state index contributed by atoms with van der Waals surface area (Å²) in [6, 6.07) is 5.47. The number of hydrogen-bond acceptors (Lipinski definition) is 2. The van der Waals surface area contributed by atoms with Crippen molar-refractivity contribution in [3.8, 4) is 0 Å². The van der Waals surface area contributed by atoms with E-state index in [1.165, 1.54) is 0 Å². The van der Waals surface area contributed by atoms with Crippen molar-refractivity contribution in [3.05, 3.63) is 28.8 Å². The number of ketones is 1. The summed E-state index contributed by atoms with van der Waals surface area (Å²) >= 11 is 6.01. The van der Waals surface area contributed by atoms with Crippen LogP contribution in [-0.4, -0.2) is 18.7 Å². The van der Waals surface area contributed by atoms with Crippen molar-refractivity contribution >= 4 is 29.0 Å². The summed E-state index contributed by atoms with van der Waals surface area (Å²) in [6.45, 7) is 3.43. The molecule has 1 aromatic carbocycles. The highest BCUT2D eigenvalue weighted by Crippen LogP contribution is 2.44. The Morgan fingerprint density at radius 1 is 1.44 bits per heavy atom. The lowest BCUT2D eigenvalue weighted by Gasteiger charge is -2.22. The van der Waals surface area contributed by atoms with Crippen LogP contribution < -0.4 is 4.90 Å². The van der Waals surface area contributed by atoms with Gasteiger partial charge in [-0.25, -0.2) is 0 Å². The third-order valence-electron chi connectivity index (χ3n) is 3.67. The quantitative estimate of drug-likeness (QED) is 0.843. The summed E-state index contributed by atoms with van der Waals surface area (Å²) in [5, 5.41) is 0.617. The summed E-state index contributed by atoms with van der Waals surface area (Å²) < 4.78 is 0. The third kappa shape index (κ3) is 1.93. The fourth-order valence-corrected chi connectivity index (χ4v) is 2.68. The lowest BCUT2D eigenvalue weighted by Crippen LogP contribution is -2.36. The van der Waals surface area contributed by atoms with Gasteiger partial charge < -0.3 is 9.69 Å². The van der Waals surface area contributed by atoms with Crippen LogP contribution in [0.4, 0.5) is 5.69 Å². The number of benzene rings is 1. The van der Waals surface area contributed by atoms with Crippen LogP contribution in [0, 0.1) is 0 Å². The molecule has 3 nitrogen and oxygen atoms in total. The number of Topliss-reactive ketones (excluding diaryl/α,β-unsaturated/α-hetero) is 1. The van der Waals surface area contributed by atoms with Crippen LogP contribution in [0.1, 0.15) is 32.3 Å². The van der Waals surface area contributed by atoms with Crippen molar-refractivity contribution in [2.75, 3.05) is 11.9 Å². The number of amides is 1. The van der Waals surface area contributed by atoms with Gasteiger partial charge in [0.05, 0.1) is 5.41 Å². The Morgan fingerprint density at radius 2 is 2.11 bits per heavy atom. The van der Waals surface area contributed by atoms with Gasteiger partial charge in [-0.2, -0.15) is 0 Å². The first-order valence-electron chi connectivity index (χ1n) is 5.94. The average Bonchev–Trinajstić information content (AvgIpc) is 2.50.